The van der Waals surface area contributed by atoms with Gasteiger partial charge in [-0.25, -0.2) is 0 Å². The van der Waals surface area contributed by atoms with Crippen molar-refractivity contribution in [2.75, 3.05) is 39.5 Å². The molecule has 4 heteroatoms. The van der Waals surface area contributed by atoms with Crippen LogP contribution >= 0.6 is 0 Å². The van der Waals surface area contributed by atoms with Crippen molar-refractivity contribution in [2.24, 2.45) is 0 Å². The fourth-order valence-corrected chi connectivity index (χ4v) is 2.53. The van der Waals surface area contributed by atoms with Crippen molar-refractivity contribution in [3.63, 3.8) is 0 Å². The lowest BCUT2D eigenvalue weighted by Crippen LogP contribution is -2.37. The molecule has 0 aromatic heterocycles. The number of piperidine rings is 1. The summed E-state index contributed by atoms with van der Waals surface area (Å²) in [4.78, 5) is 2.35. The van der Waals surface area contributed by atoms with Gasteiger partial charge in [0.25, 0.3) is 0 Å². The van der Waals surface area contributed by atoms with Gasteiger partial charge in [-0.1, -0.05) is 12.1 Å². The number of hydrogen-bond acceptors (Lipinski definition) is 4. The summed E-state index contributed by atoms with van der Waals surface area (Å²) < 4.78 is 11.4. The minimum atomic E-state index is -0.104. The maximum absolute atomic E-state index is 9.44. The van der Waals surface area contributed by atoms with Gasteiger partial charge in [-0.3, -0.25) is 0 Å². The number of aryl methyl sites for hydroxylation is 1. The monoisotopic (exact) mass is 293 g/mol. The molecule has 0 bridgehead atoms. The molecule has 1 N–H and O–H groups in total. The Morgan fingerprint density at radius 3 is 2.67 bits per heavy atom. The van der Waals surface area contributed by atoms with E-state index in [1.165, 1.54) is 11.1 Å². The first-order chi connectivity index (χ1) is 10.2. The minimum absolute atomic E-state index is 0.104. The summed E-state index contributed by atoms with van der Waals surface area (Å²) in [5.41, 5.74) is 2.45. The Labute approximate surface area is 127 Å². The molecular formula is C17H27NO3. The van der Waals surface area contributed by atoms with E-state index in [0.717, 1.165) is 44.8 Å². The van der Waals surface area contributed by atoms with E-state index in [1.54, 1.807) is 0 Å². The fraction of sp³-hybridized carbons (Fsp3) is 0.647. The van der Waals surface area contributed by atoms with Crippen LogP contribution in [0.2, 0.25) is 0 Å². The molecule has 1 aromatic rings. The van der Waals surface area contributed by atoms with Crippen LogP contribution in [0, 0.1) is 13.8 Å². The molecule has 1 aliphatic rings. The Kier molecular flexibility index (Phi) is 6.49. The zero-order valence-electron chi connectivity index (χ0n) is 13.2. The van der Waals surface area contributed by atoms with E-state index in [4.69, 9.17) is 9.47 Å². The molecule has 1 saturated heterocycles. The lowest BCUT2D eigenvalue weighted by molar-refractivity contribution is 0.0480. The van der Waals surface area contributed by atoms with E-state index < -0.39 is 0 Å². The fourth-order valence-electron chi connectivity index (χ4n) is 2.53. The quantitative estimate of drug-likeness (QED) is 0.782. The molecule has 1 aromatic carbocycles. The first kappa shape index (κ1) is 16.3. The first-order valence-corrected chi connectivity index (χ1v) is 7.84. The molecule has 0 radical (unpaired) electrons. The highest BCUT2D eigenvalue weighted by molar-refractivity contribution is 5.38. The summed E-state index contributed by atoms with van der Waals surface area (Å²) in [7, 11) is 0. The average Bonchev–Trinajstić information content (AvgIpc) is 2.49. The smallest absolute Gasteiger partial charge is 0.122 e. The number of nitrogens with zero attached hydrogens (tertiary/aromatic N) is 1. The Bertz CT molecular complexity index is 428. The number of rotatable bonds is 7. The Hall–Kier alpha value is -1.10. The van der Waals surface area contributed by atoms with E-state index in [1.807, 2.05) is 12.1 Å². The number of likely N-dealkylation sites (tertiary alicyclic amines) is 1. The van der Waals surface area contributed by atoms with Crippen molar-refractivity contribution in [1.82, 2.24) is 4.90 Å². The predicted octanol–water partition coefficient (Wildman–Crippen LogP) is 2.16. The molecule has 21 heavy (non-hydrogen) atoms. The highest BCUT2D eigenvalue weighted by Crippen LogP contribution is 2.20. The SMILES string of the molecule is Cc1cccc(OCCOCCN2CCC(O)CC2)c1C. The second kappa shape index (κ2) is 8.37. The molecule has 1 fully saturated rings. The van der Waals surface area contributed by atoms with Crippen LogP contribution in [0.1, 0.15) is 24.0 Å². The van der Waals surface area contributed by atoms with Crippen LogP contribution in [0.15, 0.2) is 18.2 Å². The third-order valence-electron chi connectivity index (χ3n) is 4.15. The Morgan fingerprint density at radius 1 is 1.14 bits per heavy atom. The second-order valence-electron chi connectivity index (χ2n) is 5.73. The molecule has 2 rings (SSSR count). The van der Waals surface area contributed by atoms with Crippen molar-refractivity contribution in [3.05, 3.63) is 29.3 Å². The van der Waals surface area contributed by atoms with E-state index in [2.05, 4.69) is 24.8 Å². The molecule has 0 spiro atoms. The molecule has 0 aliphatic carbocycles. The molecule has 1 heterocycles. The van der Waals surface area contributed by atoms with Gasteiger partial charge in [0.1, 0.15) is 12.4 Å². The standard InChI is InChI=1S/C17H27NO3/c1-14-4-3-5-17(15(14)2)21-13-12-20-11-10-18-8-6-16(19)7-9-18/h3-5,16,19H,6-13H2,1-2H3. The third kappa shape index (κ3) is 5.30. The van der Waals surface area contributed by atoms with Gasteiger partial charge >= 0.3 is 0 Å². The lowest BCUT2D eigenvalue weighted by Gasteiger charge is -2.29. The zero-order chi connectivity index (χ0) is 15.1. The number of aliphatic hydroxyl groups excluding tert-OH is 1. The molecule has 0 saturated carbocycles. The molecule has 0 amide bonds. The van der Waals surface area contributed by atoms with Crippen molar-refractivity contribution in [1.29, 1.82) is 0 Å². The highest BCUT2D eigenvalue weighted by atomic mass is 16.5. The Morgan fingerprint density at radius 2 is 1.90 bits per heavy atom. The maximum Gasteiger partial charge on any atom is 0.122 e. The average molecular weight is 293 g/mol. The van der Waals surface area contributed by atoms with Crippen LogP contribution < -0.4 is 4.74 Å². The van der Waals surface area contributed by atoms with Crippen LogP contribution in [0.4, 0.5) is 0 Å². The van der Waals surface area contributed by atoms with Gasteiger partial charge in [-0.2, -0.15) is 0 Å². The van der Waals surface area contributed by atoms with Gasteiger partial charge in [0.15, 0.2) is 0 Å². The minimum Gasteiger partial charge on any atom is -0.491 e. The van der Waals surface area contributed by atoms with Gasteiger partial charge in [-0.15, -0.1) is 0 Å². The second-order valence-corrected chi connectivity index (χ2v) is 5.73. The predicted molar refractivity (Wildman–Crippen MR) is 83.9 cm³/mol. The topological polar surface area (TPSA) is 41.9 Å². The molecule has 1 aliphatic heterocycles. The van der Waals surface area contributed by atoms with Crippen LogP contribution in [0.3, 0.4) is 0 Å². The van der Waals surface area contributed by atoms with Crippen molar-refractivity contribution < 1.29 is 14.6 Å². The molecule has 0 atom stereocenters. The summed E-state index contributed by atoms with van der Waals surface area (Å²) in [5, 5.41) is 9.44. The maximum atomic E-state index is 9.44. The third-order valence-corrected chi connectivity index (χ3v) is 4.15. The largest absolute Gasteiger partial charge is 0.491 e. The van der Waals surface area contributed by atoms with Crippen LogP contribution in [-0.4, -0.2) is 55.6 Å². The zero-order valence-corrected chi connectivity index (χ0v) is 13.2. The number of hydrogen-bond donors (Lipinski definition) is 1. The van der Waals surface area contributed by atoms with E-state index in [0.29, 0.717) is 13.2 Å². The van der Waals surface area contributed by atoms with Gasteiger partial charge in [0.2, 0.25) is 0 Å². The van der Waals surface area contributed by atoms with E-state index >= 15 is 0 Å². The van der Waals surface area contributed by atoms with Gasteiger partial charge in [0.05, 0.1) is 19.3 Å². The lowest BCUT2D eigenvalue weighted by atomic mass is 10.1. The summed E-state index contributed by atoms with van der Waals surface area (Å²) in [6.07, 6.45) is 1.67. The first-order valence-electron chi connectivity index (χ1n) is 7.84. The molecule has 0 unspecified atom stereocenters. The summed E-state index contributed by atoms with van der Waals surface area (Å²) in [6, 6.07) is 6.11. The van der Waals surface area contributed by atoms with Crippen LogP contribution in [-0.2, 0) is 4.74 Å². The van der Waals surface area contributed by atoms with Crippen LogP contribution in [0.5, 0.6) is 5.75 Å². The van der Waals surface area contributed by atoms with Crippen molar-refractivity contribution in [3.8, 4) is 5.75 Å². The summed E-state index contributed by atoms with van der Waals surface area (Å²) >= 11 is 0. The molecule has 118 valence electrons. The van der Waals surface area contributed by atoms with E-state index in [9.17, 15) is 5.11 Å². The van der Waals surface area contributed by atoms with Crippen LogP contribution in [0.25, 0.3) is 0 Å². The normalized spacial score (nSPS) is 17.1. The van der Waals surface area contributed by atoms with Crippen molar-refractivity contribution >= 4 is 0 Å². The van der Waals surface area contributed by atoms with Gasteiger partial charge < -0.3 is 19.5 Å². The number of benzene rings is 1. The van der Waals surface area contributed by atoms with E-state index in [-0.39, 0.29) is 6.10 Å². The Balaban J connectivity index is 1.55. The summed E-state index contributed by atoms with van der Waals surface area (Å²) in [5.74, 6) is 0.948. The number of aliphatic hydroxyl groups is 1. The number of ether oxygens (including phenoxy) is 2. The van der Waals surface area contributed by atoms with Gasteiger partial charge in [-0.05, 0) is 43.9 Å². The summed E-state index contributed by atoms with van der Waals surface area (Å²) in [6.45, 7) is 8.99. The highest BCUT2D eigenvalue weighted by Gasteiger charge is 2.16. The van der Waals surface area contributed by atoms with Crippen molar-refractivity contribution in [2.45, 2.75) is 32.8 Å². The van der Waals surface area contributed by atoms with Gasteiger partial charge in [0, 0.05) is 19.6 Å². The molecule has 4 nitrogen and oxygen atoms in total. The molecular weight excluding hydrogens is 266 g/mol.